The van der Waals surface area contributed by atoms with Gasteiger partial charge in [-0.25, -0.2) is 4.39 Å². The zero-order valence-corrected chi connectivity index (χ0v) is 18.0. The zero-order chi connectivity index (χ0) is 21.2. The first kappa shape index (κ1) is 20.6. The van der Waals surface area contributed by atoms with Crippen LogP contribution in [0.2, 0.25) is 0 Å². The summed E-state index contributed by atoms with van der Waals surface area (Å²) in [6.45, 7) is 8.61. The van der Waals surface area contributed by atoms with Gasteiger partial charge in [-0.15, -0.1) is 0 Å². The van der Waals surface area contributed by atoms with E-state index < -0.39 is 6.17 Å². The van der Waals surface area contributed by atoms with E-state index in [0.29, 0.717) is 23.7 Å². The van der Waals surface area contributed by atoms with E-state index in [2.05, 4.69) is 31.1 Å². The van der Waals surface area contributed by atoms with Gasteiger partial charge in [0.25, 0.3) is 0 Å². The molecule has 3 fully saturated rings. The van der Waals surface area contributed by atoms with Crippen molar-refractivity contribution >= 4 is 16.6 Å². The second kappa shape index (κ2) is 9.07. The SMILES string of the molecule is N#Cc1ccc(N2CC(F)[C@@H](CN3CCC(N4CCNCC4)CC3)C2)c2cccnc12. The molecule has 0 saturated carbocycles. The zero-order valence-electron chi connectivity index (χ0n) is 18.0. The van der Waals surface area contributed by atoms with E-state index in [1.54, 1.807) is 6.20 Å². The van der Waals surface area contributed by atoms with Crippen molar-refractivity contribution in [1.29, 1.82) is 5.26 Å². The molecule has 5 rings (SSSR count). The molecule has 0 spiro atoms. The highest BCUT2D eigenvalue weighted by molar-refractivity contribution is 5.95. The van der Waals surface area contributed by atoms with Gasteiger partial charge >= 0.3 is 0 Å². The highest BCUT2D eigenvalue weighted by Gasteiger charge is 2.36. The lowest BCUT2D eigenvalue weighted by Crippen LogP contribution is -2.52. The molecular formula is C24H31FN6. The van der Waals surface area contributed by atoms with Crippen LogP contribution < -0.4 is 10.2 Å². The third-order valence-corrected chi connectivity index (χ3v) is 7.29. The number of piperidine rings is 1. The first-order chi connectivity index (χ1) is 15.2. The smallest absolute Gasteiger partial charge is 0.123 e. The van der Waals surface area contributed by atoms with Gasteiger partial charge in [0.15, 0.2) is 0 Å². The van der Waals surface area contributed by atoms with Crippen LogP contribution in [0.1, 0.15) is 18.4 Å². The van der Waals surface area contributed by atoms with E-state index in [-0.39, 0.29) is 5.92 Å². The average molecular weight is 423 g/mol. The Morgan fingerprint density at radius 3 is 2.68 bits per heavy atom. The lowest BCUT2D eigenvalue weighted by molar-refractivity contribution is 0.0848. The number of nitrogens with zero attached hydrogens (tertiary/aromatic N) is 5. The van der Waals surface area contributed by atoms with Crippen molar-refractivity contribution < 1.29 is 4.39 Å². The lowest BCUT2D eigenvalue weighted by Gasteiger charge is -2.41. The summed E-state index contributed by atoms with van der Waals surface area (Å²) in [4.78, 5) is 11.7. The van der Waals surface area contributed by atoms with Crippen molar-refractivity contribution in [2.24, 2.45) is 5.92 Å². The number of likely N-dealkylation sites (tertiary alicyclic amines) is 1. The maximum Gasteiger partial charge on any atom is 0.123 e. The van der Waals surface area contributed by atoms with Gasteiger partial charge in [0.05, 0.1) is 11.1 Å². The molecule has 6 nitrogen and oxygen atoms in total. The number of hydrogen-bond acceptors (Lipinski definition) is 6. The Balaban J connectivity index is 1.22. The van der Waals surface area contributed by atoms with Crippen LogP contribution in [-0.2, 0) is 0 Å². The number of alkyl halides is 1. The molecule has 164 valence electrons. The van der Waals surface area contributed by atoms with E-state index >= 15 is 4.39 Å². The first-order valence-corrected chi connectivity index (χ1v) is 11.6. The van der Waals surface area contributed by atoms with Crippen LogP contribution in [0, 0.1) is 17.2 Å². The molecule has 0 bridgehead atoms. The Morgan fingerprint density at radius 1 is 1.10 bits per heavy atom. The Kier molecular flexibility index (Phi) is 6.04. The summed E-state index contributed by atoms with van der Waals surface area (Å²) in [5.41, 5.74) is 2.26. The number of nitriles is 1. The van der Waals surface area contributed by atoms with Gasteiger partial charge in [0.1, 0.15) is 12.2 Å². The quantitative estimate of drug-likeness (QED) is 0.816. The van der Waals surface area contributed by atoms with E-state index in [4.69, 9.17) is 0 Å². The fraction of sp³-hybridized carbons (Fsp3) is 0.583. The van der Waals surface area contributed by atoms with Gasteiger partial charge in [-0.2, -0.15) is 5.26 Å². The van der Waals surface area contributed by atoms with Crippen LogP contribution in [0.5, 0.6) is 0 Å². The van der Waals surface area contributed by atoms with Crippen LogP contribution in [-0.4, -0.2) is 85.9 Å². The van der Waals surface area contributed by atoms with Crippen molar-refractivity contribution in [1.82, 2.24) is 20.1 Å². The standard InChI is InChI=1S/C24H31FN6/c25-22-17-31(23-4-3-18(14-26)24-21(23)2-1-7-28-24)16-19(22)15-29-10-5-20(6-11-29)30-12-8-27-9-13-30/h1-4,7,19-20,22,27H,5-6,8-13,15-17H2/t19-,22?/m0/s1. The van der Waals surface area contributed by atoms with Crippen molar-refractivity contribution in [3.63, 3.8) is 0 Å². The molecule has 2 atom stereocenters. The predicted octanol–water partition coefficient (Wildman–Crippen LogP) is 2.25. The van der Waals surface area contributed by atoms with E-state index in [1.165, 1.54) is 12.8 Å². The maximum absolute atomic E-state index is 15.0. The normalized spacial score (nSPS) is 26.4. The Labute approximate surface area is 183 Å². The number of hydrogen-bond donors (Lipinski definition) is 1. The molecule has 0 aliphatic carbocycles. The molecule has 31 heavy (non-hydrogen) atoms. The fourth-order valence-corrected chi connectivity index (χ4v) is 5.57. The molecule has 1 unspecified atom stereocenters. The van der Waals surface area contributed by atoms with Crippen LogP contribution >= 0.6 is 0 Å². The van der Waals surface area contributed by atoms with Crippen molar-refractivity contribution in [2.45, 2.75) is 25.1 Å². The summed E-state index contributed by atoms with van der Waals surface area (Å²) < 4.78 is 15.0. The molecule has 4 heterocycles. The summed E-state index contributed by atoms with van der Waals surface area (Å²) in [5, 5.41) is 13.8. The summed E-state index contributed by atoms with van der Waals surface area (Å²) in [7, 11) is 0. The third kappa shape index (κ3) is 4.25. The summed E-state index contributed by atoms with van der Waals surface area (Å²) in [6.07, 6.45) is 3.27. The molecule has 1 aromatic carbocycles. The number of aromatic nitrogens is 1. The summed E-state index contributed by atoms with van der Waals surface area (Å²) in [5.74, 6) is 0.0260. The van der Waals surface area contributed by atoms with Crippen LogP contribution in [0.25, 0.3) is 10.9 Å². The molecule has 1 N–H and O–H groups in total. The molecular weight excluding hydrogens is 391 g/mol. The number of anilines is 1. The Morgan fingerprint density at radius 2 is 1.90 bits per heavy atom. The number of piperazine rings is 1. The minimum atomic E-state index is -0.826. The predicted molar refractivity (Wildman–Crippen MR) is 121 cm³/mol. The first-order valence-electron chi connectivity index (χ1n) is 11.6. The number of rotatable bonds is 4. The topological polar surface area (TPSA) is 58.4 Å². The summed E-state index contributed by atoms with van der Waals surface area (Å²) in [6, 6.07) is 10.5. The number of fused-ring (bicyclic) bond motifs is 1. The van der Waals surface area contributed by atoms with Gasteiger partial charge in [0, 0.05) is 75.0 Å². The molecule has 3 aliphatic rings. The number of halogens is 1. The van der Waals surface area contributed by atoms with Crippen molar-refractivity contribution in [3.8, 4) is 6.07 Å². The minimum absolute atomic E-state index is 0.0260. The summed E-state index contributed by atoms with van der Waals surface area (Å²) >= 11 is 0. The van der Waals surface area contributed by atoms with Gasteiger partial charge < -0.3 is 15.1 Å². The monoisotopic (exact) mass is 422 g/mol. The minimum Gasteiger partial charge on any atom is -0.368 e. The second-order valence-corrected chi connectivity index (χ2v) is 9.14. The largest absolute Gasteiger partial charge is 0.368 e. The fourth-order valence-electron chi connectivity index (χ4n) is 5.57. The lowest BCUT2D eigenvalue weighted by atomic mass is 10.00. The molecule has 1 aromatic heterocycles. The van der Waals surface area contributed by atoms with Gasteiger partial charge in [-0.1, -0.05) is 0 Å². The highest BCUT2D eigenvalue weighted by Crippen LogP contribution is 2.33. The van der Waals surface area contributed by atoms with Gasteiger partial charge in [0.2, 0.25) is 0 Å². The van der Waals surface area contributed by atoms with E-state index in [0.717, 1.165) is 63.4 Å². The molecule has 2 aromatic rings. The van der Waals surface area contributed by atoms with Gasteiger partial charge in [-0.05, 0) is 50.2 Å². The average Bonchev–Trinajstić information content (AvgIpc) is 3.19. The highest BCUT2D eigenvalue weighted by atomic mass is 19.1. The van der Waals surface area contributed by atoms with E-state index in [9.17, 15) is 5.26 Å². The van der Waals surface area contributed by atoms with Gasteiger partial charge in [-0.3, -0.25) is 9.88 Å². The molecule has 7 heteroatoms. The number of benzene rings is 1. The Hall–Kier alpha value is -2.27. The van der Waals surface area contributed by atoms with Crippen LogP contribution in [0.15, 0.2) is 30.5 Å². The second-order valence-electron chi connectivity index (χ2n) is 9.14. The van der Waals surface area contributed by atoms with E-state index in [1.807, 2.05) is 24.3 Å². The number of nitrogens with one attached hydrogen (secondary N) is 1. The molecule has 3 aliphatic heterocycles. The molecule has 3 saturated heterocycles. The van der Waals surface area contributed by atoms with Crippen molar-refractivity contribution in [3.05, 3.63) is 36.0 Å². The third-order valence-electron chi connectivity index (χ3n) is 7.29. The molecule has 0 radical (unpaired) electrons. The molecule has 0 amide bonds. The van der Waals surface area contributed by atoms with Crippen molar-refractivity contribution in [2.75, 3.05) is 63.8 Å². The number of pyridine rings is 1. The van der Waals surface area contributed by atoms with Crippen LogP contribution in [0.4, 0.5) is 10.1 Å². The van der Waals surface area contributed by atoms with Crippen LogP contribution in [0.3, 0.4) is 0 Å². The maximum atomic E-state index is 15.0. The Bertz CT molecular complexity index is 945.